The minimum atomic E-state index is -1.82. The van der Waals surface area contributed by atoms with Crippen LogP contribution in [0, 0.1) is 5.82 Å². The van der Waals surface area contributed by atoms with Gasteiger partial charge in [-0.2, -0.15) is 0 Å². The first-order valence-electron chi connectivity index (χ1n) is 10.4. The van der Waals surface area contributed by atoms with E-state index in [1.165, 1.54) is 12.1 Å². The first-order chi connectivity index (χ1) is 17.0. The van der Waals surface area contributed by atoms with E-state index in [9.17, 15) is 4.39 Å². The van der Waals surface area contributed by atoms with E-state index in [0.29, 0.717) is 0 Å². The standard InChI is InChI=1S/C18H19FN4S.2C2H2O4/c1-2-22-7-9-23(10-8-22)17-16-15(11-24-18(16)21-12-20-17)13-3-5-14(19)6-4-13;2*3-1(4)2(5)6/h3-6,11-12H,2,7-10H2,1H3;2*(H,3,4)(H,5,6). The number of hydrogen-bond donors (Lipinski definition) is 4. The summed E-state index contributed by atoms with van der Waals surface area (Å²) in [6.07, 6.45) is 1.65. The van der Waals surface area contributed by atoms with Gasteiger partial charge >= 0.3 is 23.9 Å². The van der Waals surface area contributed by atoms with Gasteiger partial charge in [0.2, 0.25) is 0 Å². The molecular weight excluding hydrogens is 499 g/mol. The number of carboxylic acids is 4. The van der Waals surface area contributed by atoms with Crippen molar-refractivity contribution in [3.8, 4) is 11.1 Å². The molecule has 4 N–H and O–H groups in total. The Morgan fingerprint density at radius 2 is 1.42 bits per heavy atom. The second kappa shape index (κ2) is 13.1. The Morgan fingerprint density at radius 1 is 0.889 bits per heavy atom. The summed E-state index contributed by atoms with van der Waals surface area (Å²) in [5.41, 5.74) is 2.09. The molecule has 4 rings (SSSR count). The van der Waals surface area contributed by atoms with Crippen LogP contribution in [-0.4, -0.2) is 91.9 Å². The van der Waals surface area contributed by atoms with Crippen LogP contribution in [-0.2, 0) is 19.2 Å². The van der Waals surface area contributed by atoms with Gasteiger partial charge in [-0.3, -0.25) is 0 Å². The lowest BCUT2D eigenvalue weighted by atomic mass is 10.1. The van der Waals surface area contributed by atoms with Gasteiger partial charge in [0, 0.05) is 37.1 Å². The third-order valence-electron chi connectivity index (χ3n) is 4.99. The number of carboxylic acid groups (broad SMARTS) is 4. The molecule has 0 bridgehead atoms. The summed E-state index contributed by atoms with van der Waals surface area (Å²) in [7, 11) is 0. The zero-order chi connectivity index (χ0) is 26.8. The van der Waals surface area contributed by atoms with Crippen molar-refractivity contribution in [3.05, 3.63) is 41.8 Å². The molecule has 0 radical (unpaired) electrons. The highest BCUT2D eigenvalue weighted by atomic mass is 32.1. The van der Waals surface area contributed by atoms with E-state index in [2.05, 4.69) is 32.1 Å². The molecule has 1 fully saturated rings. The number of thiophene rings is 1. The van der Waals surface area contributed by atoms with Crippen LogP contribution in [0.5, 0.6) is 0 Å². The van der Waals surface area contributed by atoms with E-state index in [4.69, 9.17) is 39.6 Å². The maximum absolute atomic E-state index is 13.2. The van der Waals surface area contributed by atoms with Gasteiger partial charge in [-0.15, -0.1) is 11.3 Å². The Kier molecular flexibility index (Phi) is 10.2. The van der Waals surface area contributed by atoms with Gasteiger partial charge in [-0.05, 0) is 24.2 Å². The largest absolute Gasteiger partial charge is 0.473 e. The van der Waals surface area contributed by atoms with E-state index >= 15 is 0 Å². The number of hydrogen-bond acceptors (Lipinski definition) is 9. The highest BCUT2D eigenvalue weighted by Crippen LogP contribution is 2.38. The molecule has 14 heteroatoms. The highest BCUT2D eigenvalue weighted by Gasteiger charge is 2.21. The van der Waals surface area contributed by atoms with E-state index in [-0.39, 0.29) is 5.82 Å². The fraction of sp³-hybridized carbons (Fsp3) is 0.273. The zero-order valence-electron chi connectivity index (χ0n) is 19.0. The van der Waals surface area contributed by atoms with Crippen LogP contribution in [0.3, 0.4) is 0 Å². The summed E-state index contributed by atoms with van der Waals surface area (Å²) in [6.45, 7) is 7.34. The number of likely N-dealkylation sites (N-methyl/N-ethyl adjacent to an activating group) is 1. The predicted molar refractivity (Wildman–Crippen MR) is 128 cm³/mol. The summed E-state index contributed by atoms with van der Waals surface area (Å²) in [6, 6.07) is 6.65. The smallest absolute Gasteiger partial charge is 0.414 e. The molecular formula is C22H23FN4O8S. The van der Waals surface area contributed by atoms with Gasteiger partial charge < -0.3 is 30.2 Å². The lowest BCUT2D eigenvalue weighted by Crippen LogP contribution is -2.46. The summed E-state index contributed by atoms with van der Waals surface area (Å²) < 4.78 is 13.2. The average Bonchev–Trinajstić information content (AvgIpc) is 3.29. The van der Waals surface area contributed by atoms with Crippen molar-refractivity contribution < 1.29 is 44.0 Å². The van der Waals surface area contributed by atoms with Gasteiger partial charge in [0.25, 0.3) is 0 Å². The van der Waals surface area contributed by atoms with Crippen molar-refractivity contribution in [2.45, 2.75) is 6.92 Å². The van der Waals surface area contributed by atoms with Gasteiger partial charge in [0.1, 0.15) is 22.8 Å². The van der Waals surface area contributed by atoms with E-state index in [0.717, 1.165) is 59.9 Å². The van der Waals surface area contributed by atoms with Gasteiger partial charge in [-0.25, -0.2) is 33.5 Å². The van der Waals surface area contributed by atoms with Crippen LogP contribution in [0.15, 0.2) is 36.0 Å². The Hall–Kier alpha value is -4.17. The molecule has 0 unspecified atom stereocenters. The molecule has 0 aliphatic carbocycles. The van der Waals surface area contributed by atoms with Crippen LogP contribution in [0.1, 0.15) is 6.92 Å². The van der Waals surface area contributed by atoms with Crippen LogP contribution in [0.25, 0.3) is 21.3 Å². The minimum Gasteiger partial charge on any atom is -0.473 e. The predicted octanol–water partition coefficient (Wildman–Crippen LogP) is 1.95. The summed E-state index contributed by atoms with van der Waals surface area (Å²) >= 11 is 1.61. The lowest BCUT2D eigenvalue weighted by Gasteiger charge is -2.35. The fourth-order valence-corrected chi connectivity index (χ4v) is 4.13. The zero-order valence-corrected chi connectivity index (χ0v) is 19.8. The van der Waals surface area contributed by atoms with E-state index < -0.39 is 23.9 Å². The first kappa shape index (κ1) is 28.1. The van der Waals surface area contributed by atoms with Crippen LogP contribution >= 0.6 is 11.3 Å². The summed E-state index contributed by atoms with van der Waals surface area (Å²) in [5, 5.41) is 32.7. The quantitative estimate of drug-likeness (QED) is 0.368. The normalized spacial score (nSPS) is 13.1. The molecule has 2 aromatic heterocycles. The van der Waals surface area contributed by atoms with Crippen molar-refractivity contribution in [1.82, 2.24) is 14.9 Å². The molecule has 12 nitrogen and oxygen atoms in total. The number of rotatable bonds is 3. The molecule has 0 atom stereocenters. The Labute approximate surface area is 207 Å². The van der Waals surface area contributed by atoms with E-state index in [1.807, 2.05) is 12.1 Å². The monoisotopic (exact) mass is 522 g/mol. The van der Waals surface area contributed by atoms with Gasteiger partial charge in [0.15, 0.2) is 0 Å². The fourth-order valence-electron chi connectivity index (χ4n) is 3.22. The number of halogens is 1. The molecule has 0 saturated carbocycles. The van der Waals surface area contributed by atoms with Gasteiger partial charge in [0.05, 0.1) is 5.39 Å². The third-order valence-corrected chi connectivity index (χ3v) is 5.88. The van der Waals surface area contributed by atoms with Crippen molar-refractivity contribution in [1.29, 1.82) is 0 Å². The molecule has 3 aromatic rings. The van der Waals surface area contributed by atoms with E-state index in [1.54, 1.807) is 17.7 Å². The van der Waals surface area contributed by atoms with Crippen LogP contribution < -0.4 is 4.90 Å². The highest BCUT2D eigenvalue weighted by molar-refractivity contribution is 7.17. The molecule has 192 valence electrons. The number of aromatic nitrogens is 2. The Bertz CT molecular complexity index is 1180. The molecule has 0 spiro atoms. The number of anilines is 1. The number of nitrogens with zero attached hydrogens (tertiary/aromatic N) is 4. The maximum Gasteiger partial charge on any atom is 0.414 e. The number of aliphatic carboxylic acids is 4. The average molecular weight is 523 g/mol. The summed E-state index contributed by atoms with van der Waals surface area (Å²) in [5.74, 6) is -6.52. The SMILES string of the molecule is CCN1CCN(c2ncnc3scc(-c4ccc(F)cc4)c23)CC1.O=C(O)C(=O)O.O=C(O)C(=O)O. The lowest BCUT2D eigenvalue weighted by molar-refractivity contribution is -0.159. The number of benzene rings is 1. The van der Waals surface area contributed by atoms with Crippen molar-refractivity contribution in [2.75, 3.05) is 37.6 Å². The maximum atomic E-state index is 13.2. The topological polar surface area (TPSA) is 181 Å². The van der Waals surface area contributed by atoms with Crippen molar-refractivity contribution in [2.24, 2.45) is 0 Å². The first-order valence-corrected chi connectivity index (χ1v) is 11.3. The molecule has 1 aromatic carbocycles. The molecule has 0 amide bonds. The molecule has 36 heavy (non-hydrogen) atoms. The van der Waals surface area contributed by atoms with Crippen LogP contribution in [0.4, 0.5) is 10.2 Å². The molecule has 1 aliphatic rings. The van der Waals surface area contributed by atoms with Crippen molar-refractivity contribution >= 4 is 51.2 Å². The van der Waals surface area contributed by atoms with Crippen molar-refractivity contribution in [3.63, 3.8) is 0 Å². The minimum absolute atomic E-state index is 0.217. The Morgan fingerprint density at radius 3 is 1.89 bits per heavy atom. The third kappa shape index (κ3) is 7.68. The summed E-state index contributed by atoms with van der Waals surface area (Å²) in [4.78, 5) is 51.2. The number of fused-ring (bicyclic) bond motifs is 1. The number of piperazine rings is 1. The molecule has 3 heterocycles. The molecule has 1 aliphatic heterocycles. The second-order valence-electron chi connectivity index (χ2n) is 7.18. The van der Waals surface area contributed by atoms with Gasteiger partial charge in [-0.1, -0.05) is 19.1 Å². The molecule has 1 saturated heterocycles. The van der Waals surface area contributed by atoms with Crippen LogP contribution in [0.2, 0.25) is 0 Å². The second-order valence-corrected chi connectivity index (χ2v) is 8.03. The number of carbonyl (C=O) groups is 4. The Balaban J connectivity index is 0.000000319.